The van der Waals surface area contributed by atoms with Gasteiger partial charge in [0, 0.05) is 24.2 Å². The first kappa shape index (κ1) is 20.4. The fourth-order valence-corrected chi connectivity index (χ4v) is 3.78. The highest BCUT2D eigenvalue weighted by Crippen LogP contribution is 2.31. The van der Waals surface area contributed by atoms with E-state index in [1.165, 1.54) is 6.42 Å². The minimum Gasteiger partial charge on any atom is -0.481 e. The first-order valence-corrected chi connectivity index (χ1v) is 10.7. The Labute approximate surface area is 181 Å². The number of nitrogens with one attached hydrogen (secondary N) is 1. The van der Waals surface area contributed by atoms with Crippen LogP contribution in [0.15, 0.2) is 42.5 Å². The van der Waals surface area contributed by atoms with Crippen LogP contribution in [0.3, 0.4) is 0 Å². The number of nitrogens with zero attached hydrogens (tertiary/aromatic N) is 3. The van der Waals surface area contributed by atoms with Gasteiger partial charge in [0.05, 0.1) is 5.02 Å². The molecule has 4 rings (SSSR count). The molecule has 1 aliphatic heterocycles. The summed E-state index contributed by atoms with van der Waals surface area (Å²) in [6.45, 7) is 4.61. The topological polar surface area (TPSA) is 69.0 Å². The Bertz CT molecular complexity index is 1050. The summed E-state index contributed by atoms with van der Waals surface area (Å²) in [5.41, 5.74) is 2.55. The first-order valence-electron chi connectivity index (χ1n) is 10.3. The van der Waals surface area contributed by atoms with Gasteiger partial charge in [0.15, 0.2) is 11.9 Å². The van der Waals surface area contributed by atoms with E-state index in [4.69, 9.17) is 16.3 Å². The lowest BCUT2D eigenvalue weighted by molar-refractivity contribution is -0.122. The number of carbonyl (C=O) groups excluding carboxylic acids is 1. The molecule has 2 heterocycles. The average Bonchev–Trinajstić information content (AvgIpc) is 2.98. The van der Waals surface area contributed by atoms with Gasteiger partial charge in [0.25, 0.3) is 5.91 Å². The molecule has 6 nitrogen and oxygen atoms in total. The van der Waals surface area contributed by atoms with E-state index in [0.717, 1.165) is 48.6 Å². The SMILES string of the molecule is Cc1ccc(O[C@@H](C)C(=O)Nc2ccc(Cl)c(-c3nnc4n3CCCCC4)c2)cc1. The minimum absolute atomic E-state index is 0.232. The van der Waals surface area contributed by atoms with E-state index >= 15 is 0 Å². The number of rotatable bonds is 5. The van der Waals surface area contributed by atoms with Crippen molar-refractivity contribution < 1.29 is 9.53 Å². The quantitative estimate of drug-likeness (QED) is 0.623. The Morgan fingerprint density at radius 1 is 1.13 bits per heavy atom. The molecule has 1 N–H and O–H groups in total. The lowest BCUT2D eigenvalue weighted by Crippen LogP contribution is -2.30. The zero-order valence-electron chi connectivity index (χ0n) is 17.2. The van der Waals surface area contributed by atoms with Crippen molar-refractivity contribution in [2.45, 2.75) is 52.2 Å². The van der Waals surface area contributed by atoms with E-state index in [9.17, 15) is 4.79 Å². The normalized spacial score (nSPS) is 14.5. The molecule has 1 atom stereocenters. The molecule has 0 fully saturated rings. The van der Waals surface area contributed by atoms with Crippen LogP contribution >= 0.6 is 11.6 Å². The van der Waals surface area contributed by atoms with Crippen molar-refractivity contribution in [2.75, 3.05) is 5.32 Å². The summed E-state index contributed by atoms with van der Waals surface area (Å²) in [5, 5.41) is 12.2. The monoisotopic (exact) mass is 424 g/mol. The number of fused-ring (bicyclic) bond motifs is 1. The van der Waals surface area contributed by atoms with Crippen molar-refractivity contribution in [3.05, 3.63) is 58.9 Å². The Balaban J connectivity index is 1.51. The largest absolute Gasteiger partial charge is 0.481 e. The second-order valence-electron chi connectivity index (χ2n) is 7.66. The summed E-state index contributed by atoms with van der Waals surface area (Å²) in [6.07, 6.45) is 3.69. The number of halogens is 1. The molecular weight excluding hydrogens is 400 g/mol. The maximum absolute atomic E-state index is 12.6. The predicted octanol–water partition coefficient (Wildman–Crippen LogP) is 5.04. The molecule has 1 aromatic heterocycles. The number of aryl methyl sites for hydroxylation is 2. The number of carbonyl (C=O) groups is 1. The molecule has 0 bridgehead atoms. The first-order chi connectivity index (χ1) is 14.5. The van der Waals surface area contributed by atoms with Crippen LogP contribution in [-0.4, -0.2) is 26.8 Å². The van der Waals surface area contributed by atoms with Gasteiger partial charge in [0.2, 0.25) is 0 Å². The lowest BCUT2D eigenvalue weighted by atomic mass is 10.1. The van der Waals surface area contributed by atoms with Gasteiger partial charge in [-0.15, -0.1) is 10.2 Å². The van der Waals surface area contributed by atoms with E-state index in [-0.39, 0.29) is 5.91 Å². The number of aromatic nitrogens is 3. The van der Waals surface area contributed by atoms with Crippen LogP contribution in [-0.2, 0) is 17.8 Å². The third-order valence-electron chi connectivity index (χ3n) is 5.29. The van der Waals surface area contributed by atoms with E-state index in [2.05, 4.69) is 20.1 Å². The summed E-state index contributed by atoms with van der Waals surface area (Å²) in [5.74, 6) is 2.17. The Kier molecular flexibility index (Phi) is 6.04. The molecule has 30 heavy (non-hydrogen) atoms. The molecule has 0 saturated carbocycles. The van der Waals surface area contributed by atoms with Crippen LogP contribution in [0.4, 0.5) is 5.69 Å². The van der Waals surface area contributed by atoms with E-state index in [0.29, 0.717) is 16.5 Å². The second-order valence-corrected chi connectivity index (χ2v) is 8.07. The van der Waals surface area contributed by atoms with Crippen LogP contribution in [0.2, 0.25) is 5.02 Å². The highest BCUT2D eigenvalue weighted by Gasteiger charge is 2.20. The fourth-order valence-electron chi connectivity index (χ4n) is 3.58. The number of hydrogen-bond acceptors (Lipinski definition) is 4. The van der Waals surface area contributed by atoms with Crippen molar-refractivity contribution in [1.29, 1.82) is 0 Å². The van der Waals surface area contributed by atoms with Crippen LogP contribution in [0.25, 0.3) is 11.4 Å². The summed E-state index contributed by atoms with van der Waals surface area (Å²) in [7, 11) is 0. The van der Waals surface area contributed by atoms with Crippen molar-refractivity contribution in [3.8, 4) is 17.1 Å². The molecular formula is C23H25ClN4O2. The molecule has 0 spiro atoms. The average molecular weight is 425 g/mol. The number of anilines is 1. The number of hydrogen-bond donors (Lipinski definition) is 1. The van der Waals surface area contributed by atoms with Crippen molar-refractivity contribution >= 4 is 23.2 Å². The molecule has 0 saturated heterocycles. The molecule has 2 aromatic carbocycles. The third-order valence-corrected chi connectivity index (χ3v) is 5.62. The maximum Gasteiger partial charge on any atom is 0.265 e. The lowest BCUT2D eigenvalue weighted by Gasteiger charge is -2.16. The van der Waals surface area contributed by atoms with Gasteiger partial charge in [-0.25, -0.2) is 0 Å². The van der Waals surface area contributed by atoms with Crippen molar-refractivity contribution in [1.82, 2.24) is 14.8 Å². The van der Waals surface area contributed by atoms with Gasteiger partial charge in [-0.3, -0.25) is 4.79 Å². The third kappa shape index (κ3) is 4.49. The van der Waals surface area contributed by atoms with Gasteiger partial charge < -0.3 is 14.6 Å². The Morgan fingerprint density at radius 3 is 2.73 bits per heavy atom. The van der Waals surface area contributed by atoms with Crippen LogP contribution in [0, 0.1) is 6.92 Å². The summed E-state index contributed by atoms with van der Waals surface area (Å²) >= 11 is 6.47. The predicted molar refractivity (Wildman–Crippen MR) is 118 cm³/mol. The van der Waals surface area contributed by atoms with Crippen LogP contribution in [0.1, 0.15) is 37.6 Å². The molecule has 1 aliphatic rings. The maximum atomic E-state index is 12.6. The molecule has 1 amide bonds. The number of benzene rings is 2. The smallest absolute Gasteiger partial charge is 0.265 e. The van der Waals surface area contributed by atoms with E-state index < -0.39 is 6.10 Å². The summed E-state index contributed by atoms with van der Waals surface area (Å²) < 4.78 is 7.90. The zero-order valence-corrected chi connectivity index (χ0v) is 17.9. The van der Waals surface area contributed by atoms with Gasteiger partial charge in [0.1, 0.15) is 11.6 Å². The second kappa shape index (κ2) is 8.88. The van der Waals surface area contributed by atoms with Gasteiger partial charge in [-0.1, -0.05) is 35.7 Å². The Hall–Kier alpha value is -2.86. The number of amides is 1. The van der Waals surface area contributed by atoms with Gasteiger partial charge in [-0.2, -0.15) is 0 Å². The highest BCUT2D eigenvalue weighted by atomic mass is 35.5. The van der Waals surface area contributed by atoms with Gasteiger partial charge >= 0.3 is 0 Å². The Morgan fingerprint density at radius 2 is 1.93 bits per heavy atom. The minimum atomic E-state index is -0.642. The molecule has 3 aromatic rings. The van der Waals surface area contributed by atoms with E-state index in [1.54, 1.807) is 19.1 Å². The summed E-state index contributed by atoms with van der Waals surface area (Å²) in [6, 6.07) is 13.0. The fraction of sp³-hybridized carbons (Fsp3) is 0.348. The zero-order chi connectivity index (χ0) is 21.1. The number of ether oxygens (including phenoxy) is 1. The molecule has 0 aliphatic carbocycles. The molecule has 7 heteroatoms. The van der Waals surface area contributed by atoms with Crippen LogP contribution in [0.5, 0.6) is 5.75 Å². The van der Waals surface area contributed by atoms with Gasteiger partial charge in [-0.05, 0) is 57.0 Å². The van der Waals surface area contributed by atoms with E-state index in [1.807, 2.05) is 37.3 Å². The standard InChI is InChI=1S/C23H25ClN4O2/c1-15-7-10-18(11-8-15)30-16(2)23(29)25-17-9-12-20(24)19(14-17)22-27-26-21-6-4-3-5-13-28(21)22/h7-12,14,16H,3-6,13H2,1-2H3,(H,25,29)/t16-/m0/s1. The van der Waals surface area contributed by atoms with Crippen molar-refractivity contribution in [2.24, 2.45) is 0 Å². The van der Waals surface area contributed by atoms with Crippen LogP contribution < -0.4 is 10.1 Å². The highest BCUT2D eigenvalue weighted by molar-refractivity contribution is 6.33. The summed E-state index contributed by atoms with van der Waals surface area (Å²) in [4.78, 5) is 12.6. The molecule has 0 unspecified atom stereocenters. The van der Waals surface area contributed by atoms with Crippen molar-refractivity contribution in [3.63, 3.8) is 0 Å². The molecule has 0 radical (unpaired) electrons. The molecule has 156 valence electrons.